The first-order valence-corrected chi connectivity index (χ1v) is 6.39. The van der Waals surface area contributed by atoms with Crippen LogP contribution >= 0.6 is 0 Å². The van der Waals surface area contributed by atoms with E-state index in [2.05, 4.69) is 19.2 Å². The van der Waals surface area contributed by atoms with Gasteiger partial charge in [0.2, 0.25) is 0 Å². The molecule has 0 saturated carbocycles. The number of nitrogens with one attached hydrogen (secondary N) is 1. The Kier molecular flexibility index (Phi) is 10.2. The summed E-state index contributed by atoms with van der Waals surface area (Å²) >= 11 is 0. The zero-order valence-corrected chi connectivity index (χ0v) is 10.7. The molecule has 0 unspecified atom stereocenters. The van der Waals surface area contributed by atoms with Gasteiger partial charge in [-0.05, 0) is 19.3 Å². The Hall–Kier alpha value is -0.770. The lowest BCUT2D eigenvalue weighted by Crippen LogP contribution is -2.41. The number of hydrogen-bond acceptors (Lipinski definition) is 2. The molecule has 0 radical (unpaired) electrons. The van der Waals surface area contributed by atoms with Gasteiger partial charge < -0.3 is 15.3 Å². The molecule has 0 aliphatic carbocycles. The van der Waals surface area contributed by atoms with E-state index in [1.54, 1.807) is 4.90 Å². The van der Waals surface area contributed by atoms with E-state index in [1.807, 2.05) is 0 Å². The first kappa shape index (κ1) is 15.2. The van der Waals surface area contributed by atoms with Gasteiger partial charge in [0.15, 0.2) is 0 Å². The minimum absolute atomic E-state index is 0.00958. The second-order valence-corrected chi connectivity index (χ2v) is 4.00. The lowest BCUT2D eigenvalue weighted by atomic mass is 10.3. The molecule has 0 heterocycles. The van der Waals surface area contributed by atoms with E-state index in [4.69, 9.17) is 5.11 Å². The molecule has 16 heavy (non-hydrogen) atoms. The van der Waals surface area contributed by atoms with Crippen molar-refractivity contribution in [2.45, 2.75) is 46.0 Å². The maximum atomic E-state index is 11.8. The van der Waals surface area contributed by atoms with E-state index in [0.29, 0.717) is 13.0 Å². The standard InChI is InChI=1S/C12H26N2O2/c1-3-5-8-13-12(16)14(9-6-4-2)10-7-11-15/h15H,3-11H2,1-2H3,(H,13,16). The van der Waals surface area contributed by atoms with Crippen LogP contribution in [0.3, 0.4) is 0 Å². The smallest absolute Gasteiger partial charge is 0.317 e. The fraction of sp³-hybridized carbons (Fsp3) is 0.917. The van der Waals surface area contributed by atoms with Crippen LogP contribution < -0.4 is 5.32 Å². The van der Waals surface area contributed by atoms with Gasteiger partial charge in [0.25, 0.3) is 0 Å². The van der Waals surface area contributed by atoms with Crippen LogP contribution in [0.25, 0.3) is 0 Å². The van der Waals surface area contributed by atoms with E-state index in [9.17, 15) is 4.79 Å². The first-order valence-electron chi connectivity index (χ1n) is 6.39. The van der Waals surface area contributed by atoms with E-state index < -0.39 is 0 Å². The Morgan fingerprint density at radius 2 is 1.75 bits per heavy atom. The van der Waals surface area contributed by atoms with Gasteiger partial charge in [-0.3, -0.25) is 0 Å². The molecule has 0 rings (SSSR count). The molecule has 2 amide bonds. The molecule has 0 aromatic heterocycles. The molecule has 4 heteroatoms. The highest BCUT2D eigenvalue weighted by Gasteiger charge is 2.10. The number of unbranched alkanes of at least 4 members (excludes halogenated alkanes) is 2. The van der Waals surface area contributed by atoms with Crippen molar-refractivity contribution in [2.24, 2.45) is 0 Å². The molecule has 0 aromatic rings. The number of rotatable bonds is 9. The largest absolute Gasteiger partial charge is 0.396 e. The van der Waals surface area contributed by atoms with Crippen LogP contribution in [-0.2, 0) is 0 Å². The minimum Gasteiger partial charge on any atom is -0.396 e. The van der Waals surface area contributed by atoms with Gasteiger partial charge in [-0.25, -0.2) is 4.79 Å². The van der Waals surface area contributed by atoms with Crippen molar-refractivity contribution < 1.29 is 9.90 Å². The van der Waals surface area contributed by atoms with E-state index in [0.717, 1.165) is 38.8 Å². The Morgan fingerprint density at radius 1 is 1.12 bits per heavy atom. The fourth-order valence-corrected chi connectivity index (χ4v) is 1.41. The van der Waals surface area contributed by atoms with Crippen molar-refractivity contribution in [1.29, 1.82) is 0 Å². The van der Waals surface area contributed by atoms with Crippen molar-refractivity contribution in [2.75, 3.05) is 26.2 Å². The number of aliphatic hydroxyl groups is 1. The zero-order valence-electron chi connectivity index (χ0n) is 10.7. The van der Waals surface area contributed by atoms with E-state index >= 15 is 0 Å². The predicted octanol–water partition coefficient (Wildman–Crippen LogP) is 1.98. The Balaban J connectivity index is 3.88. The lowest BCUT2D eigenvalue weighted by molar-refractivity contribution is 0.188. The van der Waals surface area contributed by atoms with Crippen molar-refractivity contribution in [3.05, 3.63) is 0 Å². The van der Waals surface area contributed by atoms with Crippen LogP contribution in [0.5, 0.6) is 0 Å². The molecular weight excluding hydrogens is 204 g/mol. The number of urea groups is 1. The van der Waals surface area contributed by atoms with Gasteiger partial charge >= 0.3 is 6.03 Å². The topological polar surface area (TPSA) is 52.6 Å². The lowest BCUT2D eigenvalue weighted by Gasteiger charge is -2.22. The van der Waals surface area contributed by atoms with Gasteiger partial charge in [0.05, 0.1) is 0 Å². The molecule has 0 aliphatic heterocycles. The summed E-state index contributed by atoms with van der Waals surface area (Å²) in [5, 5.41) is 11.7. The van der Waals surface area contributed by atoms with Crippen LogP contribution in [0.4, 0.5) is 4.79 Å². The summed E-state index contributed by atoms with van der Waals surface area (Å²) < 4.78 is 0. The third kappa shape index (κ3) is 7.51. The number of carbonyl (C=O) groups is 1. The molecule has 0 saturated heterocycles. The van der Waals surface area contributed by atoms with Crippen molar-refractivity contribution in [3.63, 3.8) is 0 Å². The van der Waals surface area contributed by atoms with Crippen LogP contribution in [0, 0.1) is 0 Å². The third-order valence-electron chi connectivity index (χ3n) is 2.46. The van der Waals surface area contributed by atoms with Crippen LogP contribution in [-0.4, -0.2) is 42.3 Å². The van der Waals surface area contributed by atoms with Crippen molar-refractivity contribution in [3.8, 4) is 0 Å². The summed E-state index contributed by atoms with van der Waals surface area (Å²) in [5.41, 5.74) is 0. The second-order valence-electron chi connectivity index (χ2n) is 4.00. The molecule has 0 bridgehead atoms. The zero-order chi connectivity index (χ0) is 12.2. The molecular formula is C12H26N2O2. The van der Waals surface area contributed by atoms with Crippen molar-refractivity contribution in [1.82, 2.24) is 10.2 Å². The van der Waals surface area contributed by atoms with Crippen LogP contribution in [0.15, 0.2) is 0 Å². The average molecular weight is 230 g/mol. The van der Waals surface area contributed by atoms with Gasteiger partial charge in [-0.1, -0.05) is 26.7 Å². The summed E-state index contributed by atoms with van der Waals surface area (Å²) in [6.07, 6.45) is 4.87. The number of hydrogen-bond donors (Lipinski definition) is 2. The van der Waals surface area contributed by atoms with Gasteiger partial charge in [-0.2, -0.15) is 0 Å². The van der Waals surface area contributed by atoms with Crippen LogP contribution in [0.1, 0.15) is 46.0 Å². The van der Waals surface area contributed by atoms with Gasteiger partial charge in [0.1, 0.15) is 0 Å². The second kappa shape index (κ2) is 10.7. The minimum atomic E-state index is 0.00958. The molecule has 4 nitrogen and oxygen atoms in total. The third-order valence-corrected chi connectivity index (χ3v) is 2.46. The van der Waals surface area contributed by atoms with E-state index in [-0.39, 0.29) is 12.6 Å². The Morgan fingerprint density at radius 3 is 2.31 bits per heavy atom. The van der Waals surface area contributed by atoms with Gasteiger partial charge in [-0.15, -0.1) is 0 Å². The SMILES string of the molecule is CCCCNC(=O)N(CCCC)CCCO. The highest BCUT2D eigenvalue weighted by molar-refractivity contribution is 5.74. The van der Waals surface area contributed by atoms with Gasteiger partial charge in [0, 0.05) is 26.2 Å². The highest BCUT2D eigenvalue weighted by atomic mass is 16.3. The average Bonchev–Trinajstić information content (AvgIpc) is 2.29. The Bertz CT molecular complexity index is 166. The van der Waals surface area contributed by atoms with Crippen molar-refractivity contribution >= 4 is 6.03 Å². The summed E-state index contributed by atoms with van der Waals surface area (Å²) in [5.74, 6) is 0. The van der Waals surface area contributed by atoms with Crippen LogP contribution in [0.2, 0.25) is 0 Å². The highest BCUT2D eigenvalue weighted by Crippen LogP contribution is 1.98. The molecule has 0 aromatic carbocycles. The summed E-state index contributed by atoms with van der Waals surface area (Å²) in [4.78, 5) is 13.6. The number of amides is 2. The first-order chi connectivity index (χ1) is 7.76. The fourth-order valence-electron chi connectivity index (χ4n) is 1.41. The normalized spacial score (nSPS) is 10.2. The molecule has 0 atom stereocenters. The quantitative estimate of drug-likeness (QED) is 0.595. The monoisotopic (exact) mass is 230 g/mol. The number of nitrogens with zero attached hydrogens (tertiary/aromatic N) is 1. The molecule has 0 aliphatic rings. The Labute approximate surface area is 99.0 Å². The predicted molar refractivity (Wildman–Crippen MR) is 66.5 cm³/mol. The molecule has 0 spiro atoms. The van der Waals surface area contributed by atoms with E-state index in [1.165, 1.54) is 0 Å². The maximum absolute atomic E-state index is 11.8. The summed E-state index contributed by atoms with van der Waals surface area (Å²) in [7, 11) is 0. The molecule has 2 N–H and O–H groups in total. The summed E-state index contributed by atoms with van der Waals surface area (Å²) in [6, 6.07) is 0.00958. The molecule has 96 valence electrons. The molecule has 0 fully saturated rings. The maximum Gasteiger partial charge on any atom is 0.317 e. The summed E-state index contributed by atoms with van der Waals surface area (Å²) in [6.45, 7) is 6.54. The number of aliphatic hydroxyl groups excluding tert-OH is 1. The number of carbonyl (C=O) groups excluding carboxylic acids is 1.